The summed E-state index contributed by atoms with van der Waals surface area (Å²) < 4.78 is 21.3. The zero-order valence-electron chi connectivity index (χ0n) is 14.5. The molecule has 0 unspecified atom stereocenters. The van der Waals surface area contributed by atoms with E-state index in [1.54, 1.807) is 12.1 Å². The van der Waals surface area contributed by atoms with Crippen LogP contribution in [0, 0.1) is 18.2 Å². The fourth-order valence-electron chi connectivity index (χ4n) is 2.51. The van der Waals surface area contributed by atoms with Crippen molar-refractivity contribution in [2.45, 2.75) is 13.2 Å². The van der Waals surface area contributed by atoms with Crippen LogP contribution in [0.25, 0.3) is 11.1 Å². The van der Waals surface area contributed by atoms with E-state index in [4.69, 9.17) is 46.0 Å². The van der Waals surface area contributed by atoms with E-state index in [-0.39, 0.29) is 29.5 Å². The Kier molecular flexibility index (Phi) is 6.28. The summed E-state index contributed by atoms with van der Waals surface area (Å²) in [6.45, 7) is -0.293. The molecule has 0 amide bonds. The molecule has 6 nitrogen and oxygen atoms in total. The maximum Gasteiger partial charge on any atom is 0.279 e. The molecule has 0 radical (unpaired) electrons. The minimum Gasteiger partial charge on any atom is -0.504 e. The van der Waals surface area contributed by atoms with Crippen LogP contribution in [0.15, 0.2) is 35.3 Å². The molecule has 0 saturated carbocycles. The van der Waals surface area contributed by atoms with E-state index in [0.717, 1.165) is 10.7 Å². The van der Waals surface area contributed by atoms with E-state index in [1.165, 1.54) is 12.3 Å². The molecule has 29 heavy (non-hydrogen) atoms. The van der Waals surface area contributed by atoms with Gasteiger partial charge in [0.15, 0.2) is 10.9 Å². The van der Waals surface area contributed by atoms with Gasteiger partial charge in [-0.1, -0.05) is 46.8 Å². The third-order valence-corrected chi connectivity index (χ3v) is 4.59. The van der Waals surface area contributed by atoms with E-state index in [0.29, 0.717) is 10.7 Å². The Morgan fingerprint density at radius 2 is 1.97 bits per heavy atom. The fourth-order valence-corrected chi connectivity index (χ4v) is 3.02. The standard InChI is InChI=1S/C19H11Cl3FN3O3/c1-2-7-26-19(28)15(16(27)18(22)25-26)14-12(23)5-4-11(20)17(14)29-9-10-3-6-13(21)24-8-10/h1,3-6,8,27H,7,9H2. The first-order chi connectivity index (χ1) is 13.8. The first-order valence-electron chi connectivity index (χ1n) is 7.98. The molecule has 1 N–H and O–H groups in total. The van der Waals surface area contributed by atoms with Crippen LogP contribution in [0.2, 0.25) is 15.3 Å². The van der Waals surface area contributed by atoms with Crippen molar-refractivity contribution in [3.8, 4) is 35.0 Å². The normalized spacial score (nSPS) is 10.6. The molecule has 0 fully saturated rings. The average molecular weight is 455 g/mol. The van der Waals surface area contributed by atoms with Crippen molar-refractivity contribution < 1.29 is 14.2 Å². The number of terminal acetylenes is 1. The molecule has 0 bridgehead atoms. The predicted molar refractivity (Wildman–Crippen MR) is 108 cm³/mol. The highest BCUT2D eigenvalue weighted by atomic mass is 35.5. The van der Waals surface area contributed by atoms with Gasteiger partial charge in [-0.05, 0) is 18.2 Å². The summed E-state index contributed by atoms with van der Waals surface area (Å²) >= 11 is 17.8. The number of ether oxygens (including phenoxy) is 1. The van der Waals surface area contributed by atoms with Crippen LogP contribution in [0.4, 0.5) is 4.39 Å². The summed E-state index contributed by atoms with van der Waals surface area (Å²) in [5.41, 5.74) is -1.08. The SMILES string of the molecule is C#CCn1nc(Cl)c(O)c(-c2c(F)ccc(Cl)c2OCc2ccc(Cl)nc2)c1=O. The summed E-state index contributed by atoms with van der Waals surface area (Å²) in [6, 6.07) is 5.51. The van der Waals surface area contributed by atoms with Crippen LogP contribution in [0.5, 0.6) is 11.5 Å². The molecular weight excluding hydrogens is 444 g/mol. The highest BCUT2D eigenvalue weighted by Crippen LogP contribution is 2.42. The van der Waals surface area contributed by atoms with Gasteiger partial charge >= 0.3 is 0 Å². The van der Waals surface area contributed by atoms with Crippen LogP contribution in [0.3, 0.4) is 0 Å². The third kappa shape index (κ3) is 4.30. The number of hydrogen-bond donors (Lipinski definition) is 1. The number of nitrogens with zero attached hydrogens (tertiary/aromatic N) is 3. The van der Waals surface area contributed by atoms with Gasteiger partial charge in [-0.2, -0.15) is 5.10 Å². The van der Waals surface area contributed by atoms with Crippen LogP contribution >= 0.6 is 34.8 Å². The van der Waals surface area contributed by atoms with Gasteiger partial charge in [-0.15, -0.1) is 6.42 Å². The molecule has 0 spiro atoms. The molecule has 148 valence electrons. The third-order valence-electron chi connectivity index (χ3n) is 3.81. The van der Waals surface area contributed by atoms with E-state index < -0.39 is 27.8 Å². The largest absolute Gasteiger partial charge is 0.504 e. The van der Waals surface area contributed by atoms with Crippen molar-refractivity contribution in [2.24, 2.45) is 0 Å². The van der Waals surface area contributed by atoms with Crippen molar-refractivity contribution in [1.82, 2.24) is 14.8 Å². The van der Waals surface area contributed by atoms with Gasteiger partial charge in [0, 0.05) is 11.8 Å². The summed E-state index contributed by atoms with van der Waals surface area (Å²) in [5, 5.41) is 13.9. The Balaban J connectivity index is 2.16. The van der Waals surface area contributed by atoms with Crippen LogP contribution in [-0.2, 0) is 13.2 Å². The smallest absolute Gasteiger partial charge is 0.279 e. The van der Waals surface area contributed by atoms with Crippen molar-refractivity contribution in [3.63, 3.8) is 0 Å². The second-order valence-corrected chi connectivity index (χ2v) is 6.84. The molecule has 0 atom stereocenters. The summed E-state index contributed by atoms with van der Waals surface area (Å²) in [4.78, 5) is 16.7. The Bertz CT molecular complexity index is 1170. The molecule has 0 aliphatic carbocycles. The van der Waals surface area contributed by atoms with Crippen molar-refractivity contribution in [2.75, 3.05) is 0 Å². The molecule has 2 aromatic heterocycles. The number of benzene rings is 1. The number of aromatic hydroxyl groups is 1. The van der Waals surface area contributed by atoms with E-state index in [9.17, 15) is 14.3 Å². The minimum atomic E-state index is -0.861. The van der Waals surface area contributed by atoms with Gasteiger partial charge in [0.2, 0.25) is 0 Å². The zero-order chi connectivity index (χ0) is 21.1. The topological polar surface area (TPSA) is 77.2 Å². The van der Waals surface area contributed by atoms with Crippen molar-refractivity contribution >= 4 is 34.8 Å². The zero-order valence-corrected chi connectivity index (χ0v) is 16.8. The van der Waals surface area contributed by atoms with E-state index in [2.05, 4.69) is 16.0 Å². The number of aromatic nitrogens is 3. The first kappa shape index (κ1) is 20.9. The molecule has 0 aliphatic heterocycles. The fraction of sp³-hybridized carbons (Fsp3) is 0.105. The summed E-state index contributed by atoms with van der Waals surface area (Å²) in [7, 11) is 0. The summed E-state index contributed by atoms with van der Waals surface area (Å²) in [5.74, 6) is 0.491. The Morgan fingerprint density at radius 1 is 1.21 bits per heavy atom. The Labute approximate surface area is 179 Å². The van der Waals surface area contributed by atoms with Gasteiger partial charge in [-0.3, -0.25) is 4.79 Å². The van der Waals surface area contributed by atoms with Crippen molar-refractivity contribution in [1.29, 1.82) is 0 Å². The van der Waals surface area contributed by atoms with Crippen LogP contribution in [0.1, 0.15) is 5.56 Å². The lowest BCUT2D eigenvalue weighted by molar-refractivity contribution is 0.305. The average Bonchev–Trinajstić information content (AvgIpc) is 2.69. The molecule has 3 aromatic rings. The first-order valence-corrected chi connectivity index (χ1v) is 9.11. The lowest BCUT2D eigenvalue weighted by Crippen LogP contribution is -2.25. The second kappa shape index (κ2) is 8.70. The van der Waals surface area contributed by atoms with Gasteiger partial charge in [0.25, 0.3) is 5.56 Å². The van der Waals surface area contributed by atoms with Gasteiger partial charge in [-0.25, -0.2) is 14.1 Å². The predicted octanol–water partition coefficient (Wildman–Crippen LogP) is 4.32. The van der Waals surface area contributed by atoms with Crippen LogP contribution < -0.4 is 10.3 Å². The molecule has 10 heteroatoms. The maximum absolute atomic E-state index is 14.8. The molecule has 0 aliphatic rings. The second-order valence-electron chi connectivity index (χ2n) is 5.69. The number of halogens is 4. The number of hydrogen-bond acceptors (Lipinski definition) is 5. The molecule has 2 heterocycles. The number of pyridine rings is 1. The lowest BCUT2D eigenvalue weighted by atomic mass is 10.0. The van der Waals surface area contributed by atoms with Gasteiger partial charge in [0.1, 0.15) is 35.4 Å². The Morgan fingerprint density at radius 3 is 2.62 bits per heavy atom. The molecule has 0 saturated heterocycles. The Hall–Kier alpha value is -2.79. The molecule has 3 rings (SSSR count). The van der Waals surface area contributed by atoms with E-state index >= 15 is 0 Å². The lowest BCUT2D eigenvalue weighted by Gasteiger charge is -2.16. The highest BCUT2D eigenvalue weighted by molar-refractivity contribution is 6.33. The maximum atomic E-state index is 14.8. The minimum absolute atomic E-state index is 0.0126. The van der Waals surface area contributed by atoms with Crippen molar-refractivity contribution in [3.05, 3.63) is 67.5 Å². The van der Waals surface area contributed by atoms with Gasteiger partial charge < -0.3 is 9.84 Å². The summed E-state index contributed by atoms with van der Waals surface area (Å²) in [6.07, 6.45) is 6.69. The molecular formula is C19H11Cl3FN3O3. The molecule has 1 aromatic carbocycles. The monoisotopic (exact) mass is 453 g/mol. The van der Waals surface area contributed by atoms with Crippen LogP contribution in [-0.4, -0.2) is 19.9 Å². The number of rotatable bonds is 5. The van der Waals surface area contributed by atoms with E-state index in [1.807, 2.05) is 0 Å². The highest BCUT2D eigenvalue weighted by Gasteiger charge is 2.25. The quantitative estimate of drug-likeness (QED) is 0.459. The van der Waals surface area contributed by atoms with Gasteiger partial charge in [0.05, 0.1) is 10.6 Å².